The average molecular weight is 228 g/mol. The molecule has 0 aromatic carbocycles. The maximum Gasteiger partial charge on any atom is 0.307 e. The molecule has 4 nitrogen and oxygen atoms in total. The van der Waals surface area contributed by atoms with Gasteiger partial charge in [-0.2, -0.15) is 0 Å². The third kappa shape index (κ3) is 3.76. The van der Waals surface area contributed by atoms with E-state index in [-0.39, 0.29) is 5.97 Å². The Morgan fingerprint density at radius 1 is 1.44 bits per heavy atom. The van der Waals surface area contributed by atoms with Crippen molar-refractivity contribution >= 4 is 5.97 Å². The van der Waals surface area contributed by atoms with Crippen LogP contribution in [0.4, 0.5) is 0 Å². The molecule has 0 saturated carbocycles. The smallest absolute Gasteiger partial charge is 0.307 e. The Kier molecular flexibility index (Phi) is 5.22. The lowest BCUT2D eigenvalue weighted by Crippen LogP contribution is -2.34. The van der Waals surface area contributed by atoms with Crippen molar-refractivity contribution in [3.8, 4) is 0 Å². The summed E-state index contributed by atoms with van der Waals surface area (Å²) in [7, 11) is 4.24. The summed E-state index contributed by atoms with van der Waals surface area (Å²) in [6.07, 6.45) is 0.515. The number of hydrogen-bond donors (Lipinski definition) is 0. The first-order chi connectivity index (χ1) is 7.54. The maximum absolute atomic E-state index is 11.2. The van der Waals surface area contributed by atoms with E-state index in [0.29, 0.717) is 25.0 Å². The van der Waals surface area contributed by atoms with Gasteiger partial charge in [0.15, 0.2) is 0 Å². The minimum Gasteiger partial charge on any atom is -0.466 e. The normalized spacial score (nSPS) is 26.3. The van der Waals surface area contributed by atoms with Gasteiger partial charge in [-0.25, -0.2) is 0 Å². The van der Waals surface area contributed by atoms with E-state index in [0.717, 1.165) is 19.6 Å². The summed E-state index contributed by atoms with van der Waals surface area (Å²) in [4.78, 5) is 15.9. The summed E-state index contributed by atoms with van der Waals surface area (Å²) in [5, 5.41) is 0. The van der Waals surface area contributed by atoms with E-state index in [1.54, 1.807) is 0 Å². The van der Waals surface area contributed by atoms with E-state index in [1.165, 1.54) is 0 Å². The molecule has 94 valence electrons. The van der Waals surface area contributed by atoms with E-state index in [1.807, 2.05) is 6.92 Å². The Bertz CT molecular complexity index is 231. The highest BCUT2D eigenvalue weighted by Crippen LogP contribution is 2.19. The van der Waals surface area contributed by atoms with Gasteiger partial charge in [-0.15, -0.1) is 0 Å². The van der Waals surface area contributed by atoms with Crippen LogP contribution in [0, 0.1) is 5.92 Å². The highest BCUT2D eigenvalue weighted by Gasteiger charge is 2.30. The number of hydrogen-bond acceptors (Lipinski definition) is 4. The molecule has 1 fully saturated rings. The average Bonchev–Trinajstić information content (AvgIpc) is 2.57. The Hall–Kier alpha value is -0.610. The van der Waals surface area contributed by atoms with Crippen LogP contribution in [0.15, 0.2) is 0 Å². The summed E-state index contributed by atoms with van der Waals surface area (Å²) in [5.41, 5.74) is 0. The Morgan fingerprint density at radius 3 is 2.62 bits per heavy atom. The van der Waals surface area contributed by atoms with Crippen molar-refractivity contribution in [3.63, 3.8) is 0 Å². The Balaban J connectivity index is 2.28. The molecular formula is C12H24N2O2. The third-order valence-corrected chi connectivity index (χ3v) is 3.25. The molecule has 1 rings (SSSR count). The van der Waals surface area contributed by atoms with E-state index in [9.17, 15) is 4.79 Å². The molecule has 4 heteroatoms. The van der Waals surface area contributed by atoms with Gasteiger partial charge in [-0.05, 0) is 26.9 Å². The molecule has 0 spiro atoms. The van der Waals surface area contributed by atoms with Crippen molar-refractivity contribution < 1.29 is 9.53 Å². The molecule has 0 aromatic heterocycles. The van der Waals surface area contributed by atoms with Crippen LogP contribution in [0.3, 0.4) is 0 Å². The van der Waals surface area contributed by atoms with Crippen LogP contribution in [-0.4, -0.2) is 62.1 Å². The Labute approximate surface area is 98.5 Å². The van der Waals surface area contributed by atoms with Crippen LogP contribution in [0.2, 0.25) is 0 Å². The second-order valence-corrected chi connectivity index (χ2v) is 4.82. The zero-order valence-corrected chi connectivity index (χ0v) is 10.9. The number of rotatable bonds is 5. The van der Waals surface area contributed by atoms with Gasteiger partial charge in [0.1, 0.15) is 0 Å². The second kappa shape index (κ2) is 6.21. The molecule has 2 atom stereocenters. The fourth-order valence-corrected chi connectivity index (χ4v) is 2.39. The van der Waals surface area contributed by atoms with E-state index >= 15 is 0 Å². The van der Waals surface area contributed by atoms with E-state index < -0.39 is 0 Å². The highest BCUT2D eigenvalue weighted by atomic mass is 16.5. The summed E-state index contributed by atoms with van der Waals surface area (Å²) in [5.74, 6) is 0.598. The molecule has 0 N–H and O–H groups in total. The van der Waals surface area contributed by atoms with Crippen LogP contribution in [0.1, 0.15) is 20.3 Å². The molecule has 0 amide bonds. The van der Waals surface area contributed by atoms with E-state index in [4.69, 9.17) is 4.74 Å². The largest absolute Gasteiger partial charge is 0.466 e. The highest BCUT2D eigenvalue weighted by molar-refractivity contribution is 5.69. The number of carbonyl (C=O) groups is 1. The van der Waals surface area contributed by atoms with Crippen LogP contribution in [-0.2, 0) is 9.53 Å². The first kappa shape index (κ1) is 13.5. The van der Waals surface area contributed by atoms with Crippen LogP contribution in [0.5, 0.6) is 0 Å². The molecule has 16 heavy (non-hydrogen) atoms. The lowest BCUT2D eigenvalue weighted by molar-refractivity contribution is -0.143. The van der Waals surface area contributed by atoms with Crippen LogP contribution < -0.4 is 0 Å². The van der Waals surface area contributed by atoms with E-state index in [2.05, 4.69) is 30.8 Å². The fraction of sp³-hybridized carbons (Fsp3) is 0.917. The third-order valence-electron chi connectivity index (χ3n) is 3.25. The molecule has 1 aliphatic heterocycles. The number of esters is 1. The van der Waals surface area contributed by atoms with Gasteiger partial charge in [-0.1, -0.05) is 6.92 Å². The summed E-state index contributed by atoms with van der Waals surface area (Å²) >= 11 is 0. The Morgan fingerprint density at radius 2 is 2.12 bits per heavy atom. The number of nitrogens with zero attached hydrogens (tertiary/aromatic N) is 2. The summed E-state index contributed by atoms with van der Waals surface area (Å²) in [6, 6.07) is 0.613. The zero-order valence-electron chi connectivity index (χ0n) is 10.9. The summed E-state index contributed by atoms with van der Waals surface area (Å²) < 4.78 is 4.93. The van der Waals surface area contributed by atoms with Gasteiger partial charge in [0.2, 0.25) is 0 Å². The van der Waals surface area contributed by atoms with Crippen LogP contribution in [0.25, 0.3) is 0 Å². The lowest BCUT2D eigenvalue weighted by Gasteiger charge is -2.22. The molecule has 1 saturated heterocycles. The van der Waals surface area contributed by atoms with Crippen molar-refractivity contribution in [1.29, 1.82) is 0 Å². The van der Waals surface area contributed by atoms with Gasteiger partial charge in [-0.3, -0.25) is 4.79 Å². The topological polar surface area (TPSA) is 32.8 Å². The van der Waals surface area contributed by atoms with Crippen molar-refractivity contribution in [1.82, 2.24) is 9.80 Å². The predicted molar refractivity (Wildman–Crippen MR) is 64.3 cm³/mol. The SMILES string of the molecule is CCOC(=O)CCN1CC(C)C(N(C)C)C1. The number of ether oxygens (including phenoxy) is 1. The first-order valence-electron chi connectivity index (χ1n) is 6.09. The molecule has 0 aliphatic carbocycles. The van der Waals surface area contributed by atoms with Crippen LogP contribution >= 0.6 is 0 Å². The number of carbonyl (C=O) groups excluding carboxylic acids is 1. The summed E-state index contributed by atoms with van der Waals surface area (Å²) in [6.45, 7) is 7.58. The standard InChI is InChI=1S/C12H24N2O2/c1-5-16-12(15)6-7-14-8-10(2)11(9-14)13(3)4/h10-11H,5-9H2,1-4H3. The molecule has 0 radical (unpaired) electrons. The molecule has 0 aromatic rings. The van der Waals surface area contributed by atoms with Crippen molar-refractivity contribution in [2.45, 2.75) is 26.3 Å². The van der Waals surface area contributed by atoms with Gasteiger partial charge in [0, 0.05) is 25.7 Å². The maximum atomic E-state index is 11.2. The number of likely N-dealkylation sites (tertiary alicyclic amines) is 1. The zero-order chi connectivity index (χ0) is 12.1. The lowest BCUT2D eigenvalue weighted by atomic mass is 10.1. The van der Waals surface area contributed by atoms with Gasteiger partial charge >= 0.3 is 5.97 Å². The number of likely N-dealkylation sites (N-methyl/N-ethyl adjacent to an activating group) is 1. The fourth-order valence-electron chi connectivity index (χ4n) is 2.39. The molecule has 1 aliphatic rings. The molecule has 0 bridgehead atoms. The molecule has 2 unspecified atom stereocenters. The molecule has 1 heterocycles. The second-order valence-electron chi connectivity index (χ2n) is 4.82. The van der Waals surface area contributed by atoms with Crippen molar-refractivity contribution in [3.05, 3.63) is 0 Å². The van der Waals surface area contributed by atoms with Gasteiger partial charge in [0.25, 0.3) is 0 Å². The first-order valence-corrected chi connectivity index (χ1v) is 6.09. The minimum absolute atomic E-state index is 0.0801. The molecular weight excluding hydrogens is 204 g/mol. The van der Waals surface area contributed by atoms with Gasteiger partial charge < -0.3 is 14.5 Å². The minimum atomic E-state index is -0.0801. The monoisotopic (exact) mass is 228 g/mol. The quantitative estimate of drug-likeness (QED) is 0.652. The van der Waals surface area contributed by atoms with Crippen molar-refractivity contribution in [2.24, 2.45) is 5.92 Å². The van der Waals surface area contributed by atoms with Gasteiger partial charge in [0.05, 0.1) is 13.0 Å². The predicted octanol–water partition coefficient (Wildman–Crippen LogP) is 0.822. The van der Waals surface area contributed by atoms with Crippen molar-refractivity contribution in [2.75, 3.05) is 40.3 Å².